The molecule has 1 heterocycles. The molecule has 4 aromatic rings. The van der Waals surface area contributed by atoms with Gasteiger partial charge in [0.1, 0.15) is 11.3 Å². The van der Waals surface area contributed by atoms with Crippen LogP contribution in [0.4, 0.5) is 5.69 Å². The number of carbonyl (C=O) groups is 1. The summed E-state index contributed by atoms with van der Waals surface area (Å²) in [5.41, 5.74) is 5.28. The number of nitrogens with zero attached hydrogens (tertiary/aromatic N) is 1. The van der Waals surface area contributed by atoms with Crippen LogP contribution in [0.3, 0.4) is 0 Å². The van der Waals surface area contributed by atoms with E-state index in [9.17, 15) is 4.79 Å². The van der Waals surface area contributed by atoms with Gasteiger partial charge in [-0.25, -0.2) is 4.98 Å². The van der Waals surface area contributed by atoms with E-state index in [-0.39, 0.29) is 11.0 Å². The molecule has 0 radical (unpaired) electrons. The molecule has 4 rings (SSSR count). The van der Waals surface area contributed by atoms with Crippen LogP contribution in [0.2, 0.25) is 0 Å². The Morgan fingerprint density at radius 3 is 2.46 bits per heavy atom. The van der Waals surface area contributed by atoms with E-state index >= 15 is 0 Å². The summed E-state index contributed by atoms with van der Waals surface area (Å²) < 4.78 is 11.5. The lowest BCUT2D eigenvalue weighted by Crippen LogP contribution is -2.34. The Kier molecular flexibility index (Phi) is 8.11. The molecule has 1 aromatic heterocycles. The second-order valence-electron chi connectivity index (χ2n) is 8.27. The van der Waals surface area contributed by atoms with Gasteiger partial charge in [0.05, 0.1) is 6.61 Å². The first-order chi connectivity index (χ1) is 17.0. The molecular weight excluding hydrogens is 458 g/mol. The molecule has 0 saturated heterocycles. The lowest BCUT2D eigenvalue weighted by molar-refractivity contribution is 0.0977. The Morgan fingerprint density at radius 1 is 1.00 bits per heavy atom. The summed E-state index contributed by atoms with van der Waals surface area (Å²) in [5.74, 6) is 1.15. The van der Waals surface area contributed by atoms with Crippen LogP contribution < -0.4 is 15.4 Å². The van der Waals surface area contributed by atoms with Gasteiger partial charge in [-0.2, -0.15) is 0 Å². The number of rotatable bonds is 9. The molecule has 0 aliphatic rings. The largest absolute Gasteiger partial charge is 0.494 e. The van der Waals surface area contributed by atoms with Crippen molar-refractivity contribution in [3.63, 3.8) is 0 Å². The van der Waals surface area contributed by atoms with E-state index in [4.69, 9.17) is 21.4 Å². The third-order valence-electron chi connectivity index (χ3n) is 5.58. The average Bonchev–Trinajstić information content (AvgIpc) is 3.27. The van der Waals surface area contributed by atoms with Crippen LogP contribution in [0.25, 0.3) is 11.1 Å². The van der Waals surface area contributed by atoms with Gasteiger partial charge >= 0.3 is 0 Å². The third-order valence-corrected chi connectivity index (χ3v) is 5.79. The molecule has 180 valence electrons. The van der Waals surface area contributed by atoms with E-state index < -0.39 is 0 Å². The lowest BCUT2D eigenvalue weighted by Gasteiger charge is -2.11. The molecule has 6 nitrogen and oxygen atoms in total. The Hall–Kier alpha value is -3.71. The summed E-state index contributed by atoms with van der Waals surface area (Å²) in [6, 6.07) is 20.9. The van der Waals surface area contributed by atoms with E-state index in [0.717, 1.165) is 47.4 Å². The molecule has 0 unspecified atom stereocenters. The maximum absolute atomic E-state index is 12.5. The van der Waals surface area contributed by atoms with Crippen molar-refractivity contribution >= 4 is 40.0 Å². The maximum Gasteiger partial charge on any atom is 0.257 e. The molecule has 0 atom stereocenters. The highest BCUT2D eigenvalue weighted by molar-refractivity contribution is 7.80. The first-order valence-corrected chi connectivity index (χ1v) is 12.3. The Balaban J connectivity index is 1.29. The highest BCUT2D eigenvalue weighted by Crippen LogP contribution is 2.20. The lowest BCUT2D eigenvalue weighted by atomic mass is 10.1. The van der Waals surface area contributed by atoms with Crippen molar-refractivity contribution in [2.75, 3.05) is 11.9 Å². The number of aromatic nitrogens is 1. The van der Waals surface area contributed by atoms with Gasteiger partial charge in [-0.3, -0.25) is 10.1 Å². The van der Waals surface area contributed by atoms with Gasteiger partial charge < -0.3 is 14.5 Å². The Labute approximate surface area is 210 Å². The predicted molar refractivity (Wildman–Crippen MR) is 143 cm³/mol. The number of nitrogens with one attached hydrogen (secondary N) is 2. The first kappa shape index (κ1) is 24.4. The molecule has 7 heteroatoms. The SMILES string of the molecule is CCCCOc1ccc(C(=O)NC(=S)Nc2ccc(Cc3nc4cc(CC)ccc4o3)cc2)cc1. The van der Waals surface area contributed by atoms with Gasteiger partial charge in [0, 0.05) is 17.7 Å². The van der Waals surface area contributed by atoms with Crippen LogP contribution >= 0.6 is 12.2 Å². The minimum Gasteiger partial charge on any atom is -0.494 e. The summed E-state index contributed by atoms with van der Waals surface area (Å²) in [5, 5.41) is 5.99. The zero-order chi connectivity index (χ0) is 24.6. The summed E-state index contributed by atoms with van der Waals surface area (Å²) in [6.45, 7) is 4.91. The predicted octanol–water partition coefficient (Wildman–Crippen LogP) is 6.29. The average molecular weight is 488 g/mol. The van der Waals surface area contributed by atoms with E-state index in [2.05, 4.69) is 41.6 Å². The minimum absolute atomic E-state index is 0.233. The highest BCUT2D eigenvalue weighted by Gasteiger charge is 2.10. The van der Waals surface area contributed by atoms with Gasteiger partial charge in [-0.1, -0.05) is 38.5 Å². The molecule has 0 aliphatic carbocycles. The fourth-order valence-corrected chi connectivity index (χ4v) is 3.78. The van der Waals surface area contributed by atoms with Crippen molar-refractivity contribution in [3.8, 4) is 5.75 Å². The summed E-state index contributed by atoms with van der Waals surface area (Å²) in [6.07, 6.45) is 3.64. The first-order valence-electron chi connectivity index (χ1n) is 11.9. The highest BCUT2D eigenvalue weighted by atomic mass is 32.1. The van der Waals surface area contributed by atoms with Crippen LogP contribution in [0.15, 0.2) is 71.1 Å². The number of carbonyl (C=O) groups excluding carboxylic acids is 1. The van der Waals surface area contributed by atoms with Gasteiger partial charge in [0.2, 0.25) is 0 Å². The van der Waals surface area contributed by atoms with Gasteiger partial charge in [-0.05, 0) is 84.7 Å². The number of amides is 1. The topological polar surface area (TPSA) is 76.4 Å². The summed E-state index contributed by atoms with van der Waals surface area (Å²) >= 11 is 5.31. The molecule has 0 bridgehead atoms. The van der Waals surface area contributed by atoms with Crippen LogP contribution in [0.5, 0.6) is 5.75 Å². The smallest absolute Gasteiger partial charge is 0.257 e. The van der Waals surface area contributed by atoms with Crippen LogP contribution in [0, 0.1) is 0 Å². The number of ether oxygens (including phenoxy) is 1. The number of anilines is 1. The molecule has 0 fully saturated rings. The summed E-state index contributed by atoms with van der Waals surface area (Å²) in [7, 11) is 0. The van der Waals surface area contributed by atoms with Crippen LogP contribution in [-0.4, -0.2) is 22.6 Å². The standard InChI is InChI=1S/C28H29N3O3S/c1-3-5-16-33-23-13-9-21(10-14-23)27(32)31-28(35)29-22-11-6-20(7-12-22)18-26-30-24-17-19(4-2)8-15-25(24)34-26/h6-15,17H,3-5,16,18H2,1-2H3,(H2,29,31,32,35). The fourth-order valence-electron chi connectivity index (χ4n) is 3.57. The molecule has 0 aliphatic heterocycles. The van der Waals surface area contributed by atoms with Gasteiger partial charge in [0.15, 0.2) is 16.6 Å². The molecule has 0 spiro atoms. The van der Waals surface area contributed by atoms with Crippen molar-refractivity contribution < 1.29 is 13.9 Å². The fraction of sp³-hybridized carbons (Fsp3) is 0.250. The Morgan fingerprint density at radius 2 is 1.74 bits per heavy atom. The van der Waals surface area contributed by atoms with Crippen molar-refractivity contribution in [1.82, 2.24) is 10.3 Å². The van der Waals surface area contributed by atoms with Crippen LogP contribution in [-0.2, 0) is 12.8 Å². The van der Waals surface area contributed by atoms with Crippen molar-refractivity contribution in [1.29, 1.82) is 0 Å². The second kappa shape index (κ2) is 11.6. The van der Waals surface area contributed by atoms with Gasteiger partial charge in [0.25, 0.3) is 5.91 Å². The number of hydrogen-bond donors (Lipinski definition) is 2. The number of fused-ring (bicyclic) bond motifs is 1. The monoisotopic (exact) mass is 487 g/mol. The quantitative estimate of drug-likeness (QED) is 0.214. The number of hydrogen-bond acceptors (Lipinski definition) is 5. The minimum atomic E-state index is -0.276. The van der Waals surface area contributed by atoms with Crippen molar-refractivity contribution in [2.24, 2.45) is 0 Å². The van der Waals surface area contributed by atoms with Gasteiger partial charge in [-0.15, -0.1) is 0 Å². The molecule has 35 heavy (non-hydrogen) atoms. The number of aryl methyl sites for hydroxylation is 1. The number of benzene rings is 3. The number of oxazole rings is 1. The van der Waals surface area contributed by atoms with E-state index in [1.165, 1.54) is 5.56 Å². The normalized spacial score (nSPS) is 10.8. The van der Waals surface area contributed by atoms with Crippen molar-refractivity contribution in [2.45, 2.75) is 39.5 Å². The van der Waals surface area contributed by atoms with E-state index in [0.29, 0.717) is 24.5 Å². The third kappa shape index (κ3) is 6.67. The molecular formula is C28H29N3O3S. The van der Waals surface area contributed by atoms with Crippen molar-refractivity contribution in [3.05, 3.63) is 89.3 Å². The molecule has 3 aromatic carbocycles. The Bertz CT molecular complexity index is 1300. The molecule has 1 amide bonds. The molecule has 0 saturated carbocycles. The second-order valence-corrected chi connectivity index (χ2v) is 8.68. The zero-order valence-electron chi connectivity index (χ0n) is 20.0. The molecule has 2 N–H and O–H groups in total. The summed E-state index contributed by atoms with van der Waals surface area (Å²) in [4.78, 5) is 17.1. The maximum atomic E-state index is 12.5. The van der Waals surface area contributed by atoms with Crippen LogP contribution in [0.1, 0.15) is 54.1 Å². The number of thiocarbonyl (C=S) groups is 1. The zero-order valence-corrected chi connectivity index (χ0v) is 20.8. The van der Waals surface area contributed by atoms with E-state index in [1.807, 2.05) is 30.3 Å². The van der Waals surface area contributed by atoms with E-state index in [1.54, 1.807) is 24.3 Å². The number of unbranched alkanes of at least 4 members (excludes halogenated alkanes) is 1.